The topological polar surface area (TPSA) is 114 Å². The average molecular weight is 321 g/mol. The molecular formula is C13H11N3O5S. The number of rotatable bonds is 2. The summed E-state index contributed by atoms with van der Waals surface area (Å²) in [5, 5.41) is 9.49. The van der Waals surface area contributed by atoms with Gasteiger partial charge in [-0.3, -0.25) is 9.63 Å². The number of nitrogens with one attached hydrogen (secondary N) is 2. The van der Waals surface area contributed by atoms with Crippen LogP contribution in [0.3, 0.4) is 0 Å². The summed E-state index contributed by atoms with van der Waals surface area (Å²) in [6.07, 6.45) is 0.415. The van der Waals surface area contributed by atoms with E-state index < -0.39 is 27.9 Å². The maximum atomic E-state index is 11.7. The Morgan fingerprint density at radius 2 is 2.14 bits per heavy atom. The Labute approximate surface area is 125 Å². The zero-order chi connectivity index (χ0) is 15.7. The molecule has 0 fully saturated rings. The van der Waals surface area contributed by atoms with Crippen LogP contribution in [-0.2, 0) is 19.5 Å². The zero-order valence-corrected chi connectivity index (χ0v) is 12.0. The van der Waals surface area contributed by atoms with E-state index in [0.717, 1.165) is 5.41 Å². The number of benzene rings is 1. The second kappa shape index (κ2) is 5.26. The maximum Gasteiger partial charge on any atom is 0.433 e. The van der Waals surface area contributed by atoms with Gasteiger partial charge in [-0.1, -0.05) is 23.4 Å². The Balaban J connectivity index is 1.66. The molecule has 9 heteroatoms. The molecule has 1 unspecified atom stereocenters. The minimum absolute atomic E-state index is 0.0136. The number of hydrogen-bond acceptors (Lipinski definition) is 6. The molecule has 8 nitrogen and oxygen atoms in total. The van der Waals surface area contributed by atoms with E-state index in [1.165, 1.54) is 6.08 Å². The van der Waals surface area contributed by atoms with Crippen molar-refractivity contribution in [3.8, 4) is 0 Å². The fourth-order valence-electron chi connectivity index (χ4n) is 2.12. The van der Waals surface area contributed by atoms with Crippen LogP contribution in [0.5, 0.6) is 0 Å². The van der Waals surface area contributed by atoms with Crippen molar-refractivity contribution in [2.24, 2.45) is 5.16 Å². The van der Waals surface area contributed by atoms with E-state index in [4.69, 9.17) is 0 Å². The van der Waals surface area contributed by atoms with E-state index in [-0.39, 0.29) is 11.5 Å². The number of fused-ring (bicyclic) bond motifs is 1. The van der Waals surface area contributed by atoms with Crippen molar-refractivity contribution in [2.45, 2.75) is 6.04 Å². The predicted molar refractivity (Wildman–Crippen MR) is 77.9 cm³/mol. The predicted octanol–water partition coefficient (Wildman–Crippen LogP) is 0.380. The van der Waals surface area contributed by atoms with Crippen molar-refractivity contribution in [1.29, 1.82) is 0 Å². The summed E-state index contributed by atoms with van der Waals surface area (Å²) in [6.45, 7) is 0. The highest BCUT2D eigenvalue weighted by Gasteiger charge is 2.27. The molecule has 22 heavy (non-hydrogen) atoms. The summed E-state index contributed by atoms with van der Waals surface area (Å²) >= 11 is 0. The van der Waals surface area contributed by atoms with Crippen molar-refractivity contribution >= 4 is 33.2 Å². The van der Waals surface area contributed by atoms with Crippen LogP contribution in [-0.4, -0.2) is 37.9 Å². The lowest BCUT2D eigenvalue weighted by atomic mass is 10.1. The third-order valence-electron chi connectivity index (χ3n) is 3.10. The fourth-order valence-corrected chi connectivity index (χ4v) is 3.36. The molecule has 0 aromatic heterocycles. The Morgan fingerprint density at radius 1 is 1.36 bits per heavy atom. The van der Waals surface area contributed by atoms with E-state index in [9.17, 15) is 18.0 Å². The number of carbonyl (C=O) groups excluding carboxylic acids is 2. The highest BCUT2D eigenvalue weighted by Crippen LogP contribution is 2.22. The summed E-state index contributed by atoms with van der Waals surface area (Å²) < 4.78 is 22.4. The third kappa shape index (κ3) is 2.84. The van der Waals surface area contributed by atoms with Gasteiger partial charge in [0, 0.05) is 11.0 Å². The molecule has 0 aliphatic carbocycles. The molecule has 1 atom stereocenters. The zero-order valence-electron chi connectivity index (χ0n) is 11.1. The van der Waals surface area contributed by atoms with Crippen LogP contribution in [0.1, 0.15) is 5.56 Å². The normalized spacial score (nSPS) is 23.2. The molecule has 2 aliphatic heterocycles. The highest BCUT2D eigenvalue weighted by molar-refractivity contribution is 7.94. The molecule has 2 aliphatic rings. The Hall–Kier alpha value is -2.68. The first kappa shape index (κ1) is 14.3. The van der Waals surface area contributed by atoms with Crippen LogP contribution in [0.25, 0.3) is 0 Å². The van der Waals surface area contributed by atoms with Gasteiger partial charge in [0.2, 0.25) is 0 Å². The van der Waals surface area contributed by atoms with Crippen LogP contribution in [0.15, 0.2) is 40.9 Å². The van der Waals surface area contributed by atoms with Gasteiger partial charge in [0.25, 0.3) is 5.91 Å². The molecule has 2 amide bonds. The van der Waals surface area contributed by atoms with Gasteiger partial charge in [0.05, 0.1) is 17.5 Å². The summed E-state index contributed by atoms with van der Waals surface area (Å²) in [5.74, 6) is -0.695. The van der Waals surface area contributed by atoms with Crippen LogP contribution in [0, 0.1) is 0 Å². The molecule has 114 valence electrons. The van der Waals surface area contributed by atoms with Crippen molar-refractivity contribution in [2.75, 3.05) is 11.1 Å². The fraction of sp³-hybridized carbons (Fsp3) is 0.154. The van der Waals surface area contributed by atoms with E-state index in [1.807, 2.05) is 0 Å². The largest absolute Gasteiger partial charge is 0.433 e. The highest BCUT2D eigenvalue weighted by atomic mass is 32.2. The maximum absolute atomic E-state index is 11.7. The molecular weight excluding hydrogens is 310 g/mol. The van der Waals surface area contributed by atoms with Gasteiger partial charge in [0.15, 0.2) is 15.5 Å². The van der Waals surface area contributed by atoms with Crippen LogP contribution in [0.2, 0.25) is 0 Å². The van der Waals surface area contributed by atoms with Crippen LogP contribution in [0.4, 0.5) is 10.5 Å². The minimum Gasteiger partial charge on any atom is -0.320 e. The Kier molecular flexibility index (Phi) is 3.41. The molecule has 1 aromatic carbocycles. The number of carbonyl (C=O) groups is 2. The molecule has 0 radical (unpaired) electrons. The monoisotopic (exact) mass is 321 g/mol. The SMILES string of the molecule is O=C(NC1C=CS(=O)(=O)C1)O/N=C1\C(=O)Nc2ccccc21. The van der Waals surface area contributed by atoms with Crippen molar-refractivity contribution in [3.05, 3.63) is 41.3 Å². The number of amides is 2. The lowest BCUT2D eigenvalue weighted by Crippen LogP contribution is -2.35. The van der Waals surface area contributed by atoms with E-state index in [2.05, 4.69) is 20.6 Å². The van der Waals surface area contributed by atoms with Crippen LogP contribution >= 0.6 is 0 Å². The summed E-state index contributed by atoms with van der Waals surface area (Å²) in [5.41, 5.74) is 1.10. The second-order valence-electron chi connectivity index (χ2n) is 4.73. The quantitative estimate of drug-likeness (QED) is 0.604. The van der Waals surface area contributed by atoms with Gasteiger partial charge in [-0.2, -0.15) is 0 Å². The van der Waals surface area contributed by atoms with Gasteiger partial charge in [0.1, 0.15) is 0 Å². The van der Waals surface area contributed by atoms with Gasteiger partial charge >= 0.3 is 6.09 Å². The smallest absolute Gasteiger partial charge is 0.320 e. The third-order valence-corrected chi connectivity index (χ3v) is 4.49. The number of hydrogen-bond donors (Lipinski definition) is 2. The van der Waals surface area contributed by atoms with E-state index in [1.54, 1.807) is 24.3 Å². The standard InChI is InChI=1S/C13H11N3O5S/c17-12-11(9-3-1-2-4-10(9)15-12)16-21-13(18)14-8-5-6-22(19,20)7-8/h1-6,8H,7H2,(H,14,18)(H,15,16,17). The minimum atomic E-state index is -3.27. The molecule has 0 saturated heterocycles. The van der Waals surface area contributed by atoms with Gasteiger partial charge in [-0.15, -0.1) is 0 Å². The molecule has 2 heterocycles. The number of sulfone groups is 1. The molecule has 2 N–H and O–H groups in total. The molecule has 0 saturated carbocycles. The second-order valence-corrected chi connectivity index (χ2v) is 6.66. The first-order valence-corrected chi connectivity index (χ1v) is 8.03. The molecule has 1 aromatic rings. The summed E-state index contributed by atoms with van der Waals surface area (Å²) in [7, 11) is -3.27. The number of anilines is 1. The lowest BCUT2D eigenvalue weighted by Gasteiger charge is -2.07. The van der Waals surface area contributed by atoms with E-state index >= 15 is 0 Å². The molecule has 0 bridgehead atoms. The van der Waals surface area contributed by atoms with Gasteiger partial charge in [-0.25, -0.2) is 13.2 Å². The number of nitrogens with zero attached hydrogens (tertiary/aromatic N) is 1. The average Bonchev–Trinajstić information content (AvgIpc) is 2.95. The Bertz CT molecular complexity index is 813. The number of oxime groups is 1. The van der Waals surface area contributed by atoms with Crippen molar-refractivity contribution in [3.63, 3.8) is 0 Å². The first-order chi connectivity index (χ1) is 10.4. The Morgan fingerprint density at radius 3 is 2.86 bits per heavy atom. The molecule has 0 spiro atoms. The van der Waals surface area contributed by atoms with E-state index in [0.29, 0.717) is 11.3 Å². The number of para-hydroxylation sites is 1. The van der Waals surface area contributed by atoms with Crippen molar-refractivity contribution in [1.82, 2.24) is 5.32 Å². The summed E-state index contributed by atoms with van der Waals surface area (Å²) in [4.78, 5) is 27.9. The van der Waals surface area contributed by atoms with Gasteiger partial charge < -0.3 is 10.6 Å². The lowest BCUT2D eigenvalue weighted by molar-refractivity contribution is -0.110. The first-order valence-electron chi connectivity index (χ1n) is 6.32. The van der Waals surface area contributed by atoms with Crippen LogP contribution < -0.4 is 10.6 Å². The van der Waals surface area contributed by atoms with Crippen molar-refractivity contribution < 1.29 is 22.8 Å². The molecule has 3 rings (SSSR count). The van der Waals surface area contributed by atoms with Gasteiger partial charge in [-0.05, 0) is 12.1 Å². The summed E-state index contributed by atoms with van der Waals surface area (Å²) in [6, 6.07) is 6.18.